The van der Waals surface area contributed by atoms with E-state index in [1.807, 2.05) is 18.2 Å². The average Bonchev–Trinajstić information content (AvgIpc) is 2.98. The van der Waals surface area contributed by atoms with E-state index in [0.29, 0.717) is 47.0 Å². The van der Waals surface area contributed by atoms with E-state index in [4.69, 9.17) is 9.47 Å². The summed E-state index contributed by atoms with van der Waals surface area (Å²) in [6.45, 7) is 0.558. The lowest BCUT2D eigenvalue weighted by atomic mass is 10.1. The second-order valence-electron chi connectivity index (χ2n) is 8.82. The molecule has 0 bridgehead atoms. The summed E-state index contributed by atoms with van der Waals surface area (Å²) in [7, 11) is 4.93. The van der Waals surface area contributed by atoms with Crippen LogP contribution in [0, 0.1) is 5.82 Å². The van der Waals surface area contributed by atoms with Crippen LogP contribution in [0.15, 0.2) is 79.1 Å². The standard InChI is InChI=1S/C30H29FN4O4/c1-35(14-13-20-11-12-26(38-2)27(15-20)39-3)30(37)22-9-6-8-21(16-22)28-32-18-24(19-33-28)29(36)34-17-23-7-4-5-10-25(23)31/h4-12,15-16,18-19H,13-14,17H2,1-3H3,(H,34,36). The molecule has 1 heterocycles. The number of carbonyl (C=O) groups is 2. The predicted octanol–water partition coefficient (Wildman–Crippen LogP) is 4.54. The van der Waals surface area contributed by atoms with Crippen LogP contribution < -0.4 is 14.8 Å². The Morgan fingerprint density at radius 1 is 0.897 bits per heavy atom. The highest BCUT2D eigenvalue weighted by Gasteiger charge is 2.15. The molecule has 0 atom stereocenters. The molecule has 0 aliphatic rings. The molecule has 3 aromatic carbocycles. The Bertz CT molecular complexity index is 1460. The lowest BCUT2D eigenvalue weighted by Crippen LogP contribution is -2.28. The molecule has 0 fully saturated rings. The molecule has 1 N–H and O–H groups in total. The van der Waals surface area contributed by atoms with Crippen LogP contribution in [0.2, 0.25) is 0 Å². The van der Waals surface area contributed by atoms with Gasteiger partial charge in [0.2, 0.25) is 0 Å². The molecule has 0 spiro atoms. The van der Waals surface area contributed by atoms with E-state index >= 15 is 0 Å². The van der Waals surface area contributed by atoms with Crippen molar-refractivity contribution in [2.75, 3.05) is 27.8 Å². The maximum absolute atomic E-state index is 13.8. The molecular weight excluding hydrogens is 499 g/mol. The fourth-order valence-corrected chi connectivity index (χ4v) is 3.96. The fourth-order valence-electron chi connectivity index (χ4n) is 3.96. The molecule has 0 aliphatic carbocycles. The summed E-state index contributed by atoms with van der Waals surface area (Å²) < 4.78 is 24.4. The lowest BCUT2D eigenvalue weighted by Gasteiger charge is -2.18. The first-order valence-corrected chi connectivity index (χ1v) is 12.3. The minimum atomic E-state index is -0.412. The summed E-state index contributed by atoms with van der Waals surface area (Å²) in [5.74, 6) is 0.742. The minimum absolute atomic E-state index is 0.0525. The summed E-state index contributed by atoms with van der Waals surface area (Å²) in [5.41, 5.74) is 2.80. The first-order valence-electron chi connectivity index (χ1n) is 12.3. The van der Waals surface area contributed by atoms with Crippen LogP contribution in [0.5, 0.6) is 11.5 Å². The van der Waals surface area contributed by atoms with Gasteiger partial charge in [0.1, 0.15) is 5.82 Å². The molecule has 4 rings (SSSR count). The lowest BCUT2D eigenvalue weighted by molar-refractivity contribution is 0.0796. The second-order valence-corrected chi connectivity index (χ2v) is 8.82. The fraction of sp³-hybridized carbons (Fsp3) is 0.200. The quantitative estimate of drug-likeness (QED) is 0.325. The van der Waals surface area contributed by atoms with Gasteiger partial charge in [-0.3, -0.25) is 9.59 Å². The minimum Gasteiger partial charge on any atom is -0.493 e. The van der Waals surface area contributed by atoms with E-state index < -0.39 is 5.91 Å². The smallest absolute Gasteiger partial charge is 0.254 e. The van der Waals surface area contributed by atoms with E-state index in [9.17, 15) is 14.0 Å². The Morgan fingerprint density at radius 2 is 1.64 bits per heavy atom. The largest absolute Gasteiger partial charge is 0.493 e. The van der Waals surface area contributed by atoms with E-state index in [0.717, 1.165) is 5.56 Å². The van der Waals surface area contributed by atoms with Crippen molar-refractivity contribution in [3.05, 3.63) is 107 Å². The van der Waals surface area contributed by atoms with E-state index in [1.54, 1.807) is 68.6 Å². The third kappa shape index (κ3) is 6.75. The number of nitrogens with one attached hydrogen (secondary N) is 1. The third-order valence-electron chi connectivity index (χ3n) is 6.21. The van der Waals surface area contributed by atoms with Crippen LogP contribution in [0.1, 0.15) is 31.8 Å². The van der Waals surface area contributed by atoms with Crippen LogP contribution in [-0.2, 0) is 13.0 Å². The summed E-state index contributed by atoms with van der Waals surface area (Å²) >= 11 is 0. The van der Waals surface area contributed by atoms with E-state index in [1.165, 1.54) is 18.5 Å². The number of likely N-dealkylation sites (N-methyl/N-ethyl adjacent to an activating group) is 1. The van der Waals surface area contributed by atoms with Crippen molar-refractivity contribution in [1.82, 2.24) is 20.2 Å². The molecule has 0 saturated carbocycles. The Labute approximate surface area is 226 Å². The highest BCUT2D eigenvalue weighted by Crippen LogP contribution is 2.27. The van der Waals surface area contributed by atoms with Crippen molar-refractivity contribution < 1.29 is 23.5 Å². The molecule has 4 aromatic rings. The van der Waals surface area contributed by atoms with Crippen molar-refractivity contribution in [2.45, 2.75) is 13.0 Å². The molecule has 0 unspecified atom stereocenters. The summed E-state index contributed by atoms with van der Waals surface area (Å²) in [6, 6.07) is 19.0. The van der Waals surface area contributed by atoms with Crippen LogP contribution in [0.4, 0.5) is 4.39 Å². The average molecular weight is 529 g/mol. The summed E-state index contributed by atoms with van der Waals surface area (Å²) in [6.07, 6.45) is 3.46. The van der Waals surface area contributed by atoms with Gasteiger partial charge in [0.05, 0.1) is 19.8 Å². The van der Waals surface area contributed by atoms with Crippen molar-refractivity contribution >= 4 is 11.8 Å². The number of carbonyl (C=O) groups excluding carboxylic acids is 2. The molecule has 0 aliphatic heterocycles. The van der Waals surface area contributed by atoms with Crippen LogP contribution in [0.3, 0.4) is 0 Å². The molecule has 0 saturated heterocycles. The van der Waals surface area contributed by atoms with Crippen LogP contribution in [0.25, 0.3) is 11.4 Å². The van der Waals surface area contributed by atoms with Crippen molar-refractivity contribution in [2.24, 2.45) is 0 Å². The molecule has 0 radical (unpaired) electrons. The van der Waals surface area contributed by atoms with Gasteiger partial charge in [0.15, 0.2) is 17.3 Å². The van der Waals surface area contributed by atoms with Crippen molar-refractivity contribution in [1.29, 1.82) is 0 Å². The maximum atomic E-state index is 13.8. The van der Waals surface area contributed by atoms with Gasteiger partial charge in [0.25, 0.3) is 11.8 Å². The van der Waals surface area contributed by atoms with Crippen molar-refractivity contribution in [3.63, 3.8) is 0 Å². The number of benzene rings is 3. The molecule has 1 aromatic heterocycles. The zero-order chi connectivity index (χ0) is 27.8. The zero-order valence-corrected chi connectivity index (χ0v) is 22.0. The van der Waals surface area contributed by atoms with E-state index in [2.05, 4.69) is 15.3 Å². The van der Waals surface area contributed by atoms with Gasteiger partial charge in [-0.1, -0.05) is 36.4 Å². The Kier molecular flexibility index (Phi) is 8.83. The van der Waals surface area contributed by atoms with Gasteiger partial charge < -0.3 is 19.7 Å². The van der Waals surface area contributed by atoms with Crippen LogP contribution >= 0.6 is 0 Å². The monoisotopic (exact) mass is 528 g/mol. The van der Waals surface area contributed by atoms with Gasteiger partial charge in [-0.2, -0.15) is 0 Å². The Morgan fingerprint density at radius 3 is 2.36 bits per heavy atom. The Hall–Kier alpha value is -4.79. The molecule has 200 valence electrons. The van der Waals surface area contributed by atoms with Gasteiger partial charge >= 0.3 is 0 Å². The number of rotatable bonds is 10. The molecule has 8 nitrogen and oxygen atoms in total. The molecule has 2 amide bonds. The van der Waals surface area contributed by atoms with Gasteiger partial charge in [-0.05, 0) is 42.3 Å². The highest BCUT2D eigenvalue weighted by atomic mass is 19.1. The second kappa shape index (κ2) is 12.6. The number of aromatic nitrogens is 2. The normalized spacial score (nSPS) is 10.6. The SMILES string of the molecule is COc1ccc(CCN(C)C(=O)c2cccc(-c3ncc(C(=O)NCc4ccccc4F)cn3)c2)cc1OC. The Balaban J connectivity index is 1.38. The molecular formula is C30H29FN4O4. The first kappa shape index (κ1) is 27.3. The number of amides is 2. The predicted molar refractivity (Wildman–Crippen MR) is 145 cm³/mol. The number of nitrogens with zero attached hydrogens (tertiary/aromatic N) is 3. The number of hydrogen-bond acceptors (Lipinski definition) is 6. The summed E-state index contributed by atoms with van der Waals surface area (Å²) in [5, 5.41) is 2.67. The van der Waals surface area contributed by atoms with E-state index in [-0.39, 0.29) is 23.8 Å². The number of methoxy groups -OCH3 is 2. The maximum Gasteiger partial charge on any atom is 0.254 e. The van der Waals surface area contributed by atoms with Gasteiger partial charge in [-0.25, -0.2) is 14.4 Å². The first-order chi connectivity index (χ1) is 18.9. The van der Waals surface area contributed by atoms with Gasteiger partial charge in [0, 0.05) is 49.2 Å². The number of hydrogen-bond donors (Lipinski definition) is 1. The highest BCUT2D eigenvalue weighted by molar-refractivity contribution is 5.95. The topological polar surface area (TPSA) is 93.7 Å². The zero-order valence-electron chi connectivity index (χ0n) is 22.0. The third-order valence-corrected chi connectivity index (χ3v) is 6.21. The summed E-state index contributed by atoms with van der Waals surface area (Å²) in [4.78, 5) is 35.8. The van der Waals surface area contributed by atoms with Gasteiger partial charge in [-0.15, -0.1) is 0 Å². The number of halogens is 1. The van der Waals surface area contributed by atoms with Crippen molar-refractivity contribution in [3.8, 4) is 22.9 Å². The van der Waals surface area contributed by atoms with Crippen LogP contribution in [-0.4, -0.2) is 54.5 Å². The number of ether oxygens (including phenoxy) is 2. The molecule has 39 heavy (non-hydrogen) atoms. The molecule has 9 heteroatoms.